The number of nitrogens with one attached hydrogen (secondary N) is 2. The summed E-state index contributed by atoms with van der Waals surface area (Å²) in [7, 11) is 1.96. The first kappa shape index (κ1) is 21.4. The summed E-state index contributed by atoms with van der Waals surface area (Å²) in [5, 5.41) is 11.7. The van der Waals surface area contributed by atoms with Crippen molar-refractivity contribution in [2.45, 2.75) is 44.6 Å². The SMILES string of the molecule is CC1CN(c2cccc3c(C4CCC(=O)NC4=O)nn(C)c23)CCN1CC1CCNCC1. The molecule has 3 fully saturated rings. The van der Waals surface area contributed by atoms with Crippen molar-refractivity contribution in [2.75, 3.05) is 44.2 Å². The van der Waals surface area contributed by atoms with Gasteiger partial charge in [-0.1, -0.05) is 12.1 Å². The number of nitrogens with zero attached hydrogens (tertiary/aromatic N) is 4. The van der Waals surface area contributed by atoms with E-state index in [-0.39, 0.29) is 17.7 Å². The van der Waals surface area contributed by atoms with Crippen molar-refractivity contribution >= 4 is 28.4 Å². The molecule has 3 aliphatic heterocycles. The number of fused-ring (bicyclic) bond motifs is 1. The minimum absolute atomic E-state index is 0.191. The molecule has 2 atom stereocenters. The minimum atomic E-state index is -0.368. The molecular formula is C24H34N6O2. The quantitative estimate of drug-likeness (QED) is 0.706. The van der Waals surface area contributed by atoms with Crippen molar-refractivity contribution in [2.24, 2.45) is 13.0 Å². The number of hydrogen-bond acceptors (Lipinski definition) is 6. The maximum absolute atomic E-state index is 12.5. The fourth-order valence-electron chi connectivity index (χ4n) is 5.69. The summed E-state index contributed by atoms with van der Waals surface area (Å²) in [5.41, 5.74) is 3.04. The van der Waals surface area contributed by atoms with E-state index in [1.165, 1.54) is 25.1 Å². The first-order chi connectivity index (χ1) is 15.5. The number of hydrogen-bond donors (Lipinski definition) is 2. The maximum Gasteiger partial charge on any atom is 0.235 e. The van der Waals surface area contributed by atoms with Crippen molar-refractivity contribution in [3.8, 4) is 0 Å². The van der Waals surface area contributed by atoms with Gasteiger partial charge in [0.2, 0.25) is 11.8 Å². The number of piperazine rings is 1. The Bertz CT molecular complexity index is 1010. The number of piperidine rings is 2. The Labute approximate surface area is 189 Å². The summed E-state index contributed by atoms with van der Waals surface area (Å²) in [6.07, 6.45) is 3.45. The average molecular weight is 439 g/mol. The summed E-state index contributed by atoms with van der Waals surface area (Å²) >= 11 is 0. The van der Waals surface area contributed by atoms with Crippen LogP contribution in [0.4, 0.5) is 5.69 Å². The van der Waals surface area contributed by atoms with Crippen LogP contribution in [-0.2, 0) is 16.6 Å². The number of carbonyl (C=O) groups excluding carboxylic acids is 2. The van der Waals surface area contributed by atoms with Gasteiger partial charge in [0.15, 0.2) is 0 Å². The molecule has 3 aliphatic rings. The molecule has 172 valence electrons. The molecule has 2 N–H and O–H groups in total. The Morgan fingerprint density at radius 2 is 1.94 bits per heavy atom. The molecule has 0 bridgehead atoms. The highest BCUT2D eigenvalue weighted by Gasteiger charge is 2.33. The van der Waals surface area contributed by atoms with E-state index >= 15 is 0 Å². The van der Waals surface area contributed by atoms with Crippen LogP contribution in [0.15, 0.2) is 18.2 Å². The molecule has 1 aromatic carbocycles. The van der Waals surface area contributed by atoms with Crippen molar-refractivity contribution < 1.29 is 9.59 Å². The Balaban J connectivity index is 1.36. The highest BCUT2D eigenvalue weighted by Crippen LogP contribution is 2.35. The highest BCUT2D eigenvalue weighted by atomic mass is 16.2. The highest BCUT2D eigenvalue weighted by molar-refractivity contribution is 6.03. The summed E-state index contributed by atoms with van der Waals surface area (Å²) in [5.74, 6) is 0.0181. The summed E-state index contributed by atoms with van der Waals surface area (Å²) in [6.45, 7) is 8.89. The molecule has 32 heavy (non-hydrogen) atoms. The van der Waals surface area contributed by atoms with Gasteiger partial charge in [0.05, 0.1) is 22.8 Å². The second kappa shape index (κ2) is 8.83. The molecule has 2 amide bonds. The normalized spacial score (nSPS) is 26.0. The standard InChI is InChI=1S/C24H34N6O2/c1-16-14-30(13-12-29(16)15-17-8-10-25-11-9-17)20-5-3-4-18-22(27-28(2)23(18)20)19-6-7-21(31)26-24(19)32/h3-5,16-17,19,25H,6-15H2,1-2H3,(H,26,31,32). The lowest BCUT2D eigenvalue weighted by Gasteiger charge is -2.43. The number of rotatable bonds is 4. The molecule has 0 saturated carbocycles. The lowest BCUT2D eigenvalue weighted by Crippen LogP contribution is -2.53. The van der Waals surface area contributed by atoms with Crippen LogP contribution in [0.25, 0.3) is 10.9 Å². The van der Waals surface area contributed by atoms with E-state index in [0.29, 0.717) is 18.9 Å². The Morgan fingerprint density at radius 3 is 2.69 bits per heavy atom. The topological polar surface area (TPSA) is 82.5 Å². The first-order valence-electron chi connectivity index (χ1n) is 12.0. The van der Waals surface area contributed by atoms with Gasteiger partial charge in [-0.2, -0.15) is 5.10 Å². The number of aromatic nitrogens is 2. The fraction of sp³-hybridized carbons (Fsp3) is 0.625. The molecule has 5 rings (SSSR count). The molecule has 2 unspecified atom stereocenters. The molecule has 0 aliphatic carbocycles. The number of aryl methyl sites for hydroxylation is 1. The van der Waals surface area contributed by atoms with Crippen LogP contribution in [0.2, 0.25) is 0 Å². The Morgan fingerprint density at radius 1 is 1.12 bits per heavy atom. The first-order valence-corrected chi connectivity index (χ1v) is 12.0. The van der Waals surface area contributed by atoms with E-state index in [4.69, 9.17) is 5.10 Å². The van der Waals surface area contributed by atoms with E-state index in [9.17, 15) is 9.59 Å². The summed E-state index contributed by atoms with van der Waals surface area (Å²) in [4.78, 5) is 29.2. The van der Waals surface area contributed by atoms with Crippen molar-refractivity contribution in [3.63, 3.8) is 0 Å². The smallest absolute Gasteiger partial charge is 0.235 e. The zero-order chi connectivity index (χ0) is 22.2. The van der Waals surface area contributed by atoms with Gasteiger partial charge in [0.25, 0.3) is 0 Å². The largest absolute Gasteiger partial charge is 0.367 e. The van der Waals surface area contributed by atoms with E-state index < -0.39 is 0 Å². The average Bonchev–Trinajstić information content (AvgIpc) is 3.12. The van der Waals surface area contributed by atoms with Crippen LogP contribution < -0.4 is 15.5 Å². The zero-order valence-corrected chi connectivity index (χ0v) is 19.1. The van der Waals surface area contributed by atoms with Gasteiger partial charge in [-0.3, -0.25) is 24.5 Å². The lowest BCUT2D eigenvalue weighted by atomic mass is 9.92. The monoisotopic (exact) mass is 438 g/mol. The van der Waals surface area contributed by atoms with Gasteiger partial charge in [-0.15, -0.1) is 0 Å². The van der Waals surface area contributed by atoms with Crippen molar-refractivity contribution in [1.29, 1.82) is 0 Å². The van der Waals surface area contributed by atoms with Gasteiger partial charge in [-0.05, 0) is 51.3 Å². The van der Waals surface area contributed by atoms with Crippen LogP contribution in [0.3, 0.4) is 0 Å². The van der Waals surface area contributed by atoms with Gasteiger partial charge < -0.3 is 10.2 Å². The molecule has 8 heteroatoms. The number of carbonyl (C=O) groups is 2. The minimum Gasteiger partial charge on any atom is -0.367 e. The summed E-state index contributed by atoms with van der Waals surface area (Å²) in [6, 6.07) is 6.80. The molecule has 0 spiro atoms. The van der Waals surface area contributed by atoms with Gasteiger partial charge in [0.1, 0.15) is 0 Å². The Hall–Kier alpha value is -2.45. The maximum atomic E-state index is 12.5. The van der Waals surface area contributed by atoms with Gasteiger partial charge in [-0.25, -0.2) is 0 Å². The van der Waals surface area contributed by atoms with Crippen LogP contribution in [0.5, 0.6) is 0 Å². The van der Waals surface area contributed by atoms with Gasteiger partial charge in [0, 0.05) is 51.1 Å². The summed E-state index contributed by atoms with van der Waals surface area (Å²) < 4.78 is 1.91. The van der Waals surface area contributed by atoms with Crippen molar-refractivity contribution in [3.05, 3.63) is 23.9 Å². The zero-order valence-electron chi connectivity index (χ0n) is 19.1. The second-order valence-electron chi connectivity index (χ2n) is 9.67. The van der Waals surface area contributed by atoms with E-state index in [0.717, 1.165) is 55.2 Å². The number of imide groups is 1. The number of anilines is 1. The number of amides is 2. The van der Waals surface area contributed by atoms with Crippen LogP contribution in [0, 0.1) is 5.92 Å². The van der Waals surface area contributed by atoms with Gasteiger partial charge >= 0.3 is 0 Å². The molecule has 2 aromatic rings. The van der Waals surface area contributed by atoms with E-state index in [1.54, 1.807) is 0 Å². The van der Waals surface area contributed by atoms with Crippen LogP contribution in [-0.4, -0.2) is 71.8 Å². The molecule has 4 heterocycles. The van der Waals surface area contributed by atoms with Crippen LogP contribution in [0.1, 0.15) is 44.2 Å². The number of benzene rings is 1. The third kappa shape index (κ3) is 4.01. The predicted molar refractivity (Wildman–Crippen MR) is 125 cm³/mol. The molecular weight excluding hydrogens is 404 g/mol. The molecule has 3 saturated heterocycles. The lowest BCUT2D eigenvalue weighted by molar-refractivity contribution is -0.134. The number of para-hydroxylation sites is 1. The predicted octanol–water partition coefficient (Wildman–Crippen LogP) is 1.60. The van der Waals surface area contributed by atoms with E-state index in [2.05, 4.69) is 45.6 Å². The molecule has 8 nitrogen and oxygen atoms in total. The second-order valence-corrected chi connectivity index (χ2v) is 9.67. The third-order valence-electron chi connectivity index (χ3n) is 7.50. The Kier molecular flexibility index (Phi) is 5.90. The van der Waals surface area contributed by atoms with Crippen molar-refractivity contribution in [1.82, 2.24) is 25.3 Å². The van der Waals surface area contributed by atoms with E-state index in [1.807, 2.05) is 11.7 Å². The fourth-order valence-corrected chi connectivity index (χ4v) is 5.69. The molecule has 1 aromatic heterocycles. The third-order valence-corrected chi connectivity index (χ3v) is 7.50. The van der Waals surface area contributed by atoms with Crippen LogP contribution >= 0.6 is 0 Å². The molecule has 0 radical (unpaired) electrons.